The number of ether oxygens (including phenoxy) is 1. The maximum Gasteiger partial charge on any atom is 0.122 e. The zero-order valence-electron chi connectivity index (χ0n) is 16.5. The molecule has 0 amide bonds. The number of aryl methyl sites for hydroxylation is 1. The van der Waals surface area contributed by atoms with Gasteiger partial charge in [-0.25, -0.2) is 0 Å². The van der Waals surface area contributed by atoms with Crippen molar-refractivity contribution in [1.29, 1.82) is 0 Å². The van der Waals surface area contributed by atoms with E-state index in [9.17, 15) is 10.2 Å². The Morgan fingerprint density at radius 1 is 1.23 bits per heavy atom. The molecule has 4 heteroatoms. The summed E-state index contributed by atoms with van der Waals surface area (Å²) in [6, 6.07) is 5.53. The van der Waals surface area contributed by atoms with Crippen LogP contribution in [0.3, 0.4) is 0 Å². The second kappa shape index (κ2) is 10.2. The molecule has 148 valence electrons. The minimum absolute atomic E-state index is 0.00225. The molecule has 1 atom stereocenters. The summed E-state index contributed by atoms with van der Waals surface area (Å²) >= 11 is 0. The summed E-state index contributed by atoms with van der Waals surface area (Å²) in [4.78, 5) is 0. The maximum atomic E-state index is 10.3. The third-order valence-corrected chi connectivity index (χ3v) is 5.35. The summed E-state index contributed by atoms with van der Waals surface area (Å²) in [6.07, 6.45) is 9.44. The number of hydrogen-bond acceptors (Lipinski definition) is 4. The van der Waals surface area contributed by atoms with Crippen molar-refractivity contribution < 1.29 is 14.9 Å². The highest BCUT2D eigenvalue weighted by Gasteiger charge is 2.33. The van der Waals surface area contributed by atoms with Gasteiger partial charge in [-0.3, -0.25) is 0 Å². The molecule has 26 heavy (non-hydrogen) atoms. The van der Waals surface area contributed by atoms with Gasteiger partial charge in [-0.1, -0.05) is 52.0 Å². The molecule has 0 spiro atoms. The highest BCUT2D eigenvalue weighted by Crippen LogP contribution is 2.37. The van der Waals surface area contributed by atoms with Crippen molar-refractivity contribution in [1.82, 2.24) is 0 Å². The minimum Gasteiger partial charge on any atom is -0.508 e. The van der Waals surface area contributed by atoms with Gasteiger partial charge >= 0.3 is 0 Å². The van der Waals surface area contributed by atoms with E-state index in [0.717, 1.165) is 24.3 Å². The number of nitrogens with two attached hydrogens (primary N) is 1. The van der Waals surface area contributed by atoms with E-state index in [2.05, 4.69) is 13.8 Å². The van der Waals surface area contributed by atoms with Gasteiger partial charge in [0.15, 0.2) is 0 Å². The molecule has 0 saturated heterocycles. The molecule has 1 aliphatic carbocycles. The summed E-state index contributed by atoms with van der Waals surface area (Å²) in [5.74, 6) is 2.42. The predicted octanol–water partition coefficient (Wildman–Crippen LogP) is 4.41. The molecule has 0 heterocycles. The standard InChI is InChI=1S/C22H37NO3/c1-17(2)6-4-3-5-13-26-20-10-9-19(21(25)14-20)11-12-22(23,16-24)15-18-7-8-18/h9-10,14,17-18,24-25H,3-8,11-13,15-16,23H2,1-2H3. The molecule has 1 aliphatic rings. The molecule has 4 N–H and O–H groups in total. The first-order valence-electron chi connectivity index (χ1n) is 10.3. The number of aliphatic hydroxyl groups is 1. The van der Waals surface area contributed by atoms with E-state index in [1.54, 1.807) is 6.07 Å². The highest BCUT2D eigenvalue weighted by molar-refractivity contribution is 5.39. The summed E-state index contributed by atoms with van der Waals surface area (Å²) in [7, 11) is 0. The van der Waals surface area contributed by atoms with Crippen LogP contribution in [0.1, 0.15) is 70.8 Å². The number of aromatic hydroxyl groups is 1. The first-order chi connectivity index (χ1) is 12.4. The van der Waals surface area contributed by atoms with E-state index in [0.29, 0.717) is 31.1 Å². The van der Waals surface area contributed by atoms with Crippen LogP contribution in [0.2, 0.25) is 0 Å². The Morgan fingerprint density at radius 2 is 2.00 bits per heavy atom. The average Bonchev–Trinajstić information content (AvgIpc) is 3.40. The van der Waals surface area contributed by atoms with Crippen LogP contribution < -0.4 is 10.5 Å². The van der Waals surface area contributed by atoms with Crippen molar-refractivity contribution in [3.63, 3.8) is 0 Å². The monoisotopic (exact) mass is 363 g/mol. The molecule has 1 aromatic carbocycles. The fourth-order valence-corrected chi connectivity index (χ4v) is 3.39. The lowest BCUT2D eigenvalue weighted by atomic mass is 9.87. The SMILES string of the molecule is CC(C)CCCCCOc1ccc(CCC(N)(CO)CC2CC2)c(O)c1. The predicted molar refractivity (Wildman–Crippen MR) is 107 cm³/mol. The van der Waals surface area contributed by atoms with Crippen LogP contribution in [-0.2, 0) is 6.42 Å². The van der Waals surface area contributed by atoms with Gasteiger partial charge in [0.2, 0.25) is 0 Å². The Morgan fingerprint density at radius 3 is 2.62 bits per heavy atom. The number of rotatable bonds is 13. The second-order valence-corrected chi connectivity index (χ2v) is 8.55. The lowest BCUT2D eigenvalue weighted by Gasteiger charge is -2.27. The van der Waals surface area contributed by atoms with Crippen LogP contribution in [0.25, 0.3) is 0 Å². The third kappa shape index (κ3) is 7.55. The van der Waals surface area contributed by atoms with E-state index >= 15 is 0 Å². The molecule has 4 nitrogen and oxygen atoms in total. The molecule has 1 aromatic rings. The number of aliphatic hydroxyl groups excluding tert-OH is 1. The molecule has 0 bridgehead atoms. The van der Waals surface area contributed by atoms with Gasteiger partial charge in [-0.2, -0.15) is 0 Å². The lowest BCUT2D eigenvalue weighted by molar-refractivity contribution is 0.172. The Bertz CT molecular complexity index is 542. The number of phenols is 1. The number of phenolic OH excluding ortho intramolecular Hbond substituents is 1. The number of benzene rings is 1. The number of unbranched alkanes of at least 4 members (excludes halogenated alkanes) is 2. The Hall–Kier alpha value is -1.26. The molecule has 1 fully saturated rings. The molecule has 1 unspecified atom stereocenters. The molecule has 0 aromatic heterocycles. The fraction of sp³-hybridized carbons (Fsp3) is 0.727. The van der Waals surface area contributed by atoms with Gasteiger partial charge in [0.1, 0.15) is 11.5 Å². The largest absolute Gasteiger partial charge is 0.508 e. The van der Waals surface area contributed by atoms with Gasteiger partial charge < -0.3 is 20.7 Å². The van der Waals surface area contributed by atoms with Crippen LogP contribution >= 0.6 is 0 Å². The van der Waals surface area contributed by atoms with Crippen LogP contribution in [0.5, 0.6) is 11.5 Å². The van der Waals surface area contributed by atoms with Crippen LogP contribution in [0.15, 0.2) is 18.2 Å². The molecule has 0 aliphatic heterocycles. The fourth-order valence-electron chi connectivity index (χ4n) is 3.39. The summed E-state index contributed by atoms with van der Waals surface area (Å²) in [5, 5.41) is 19.9. The summed E-state index contributed by atoms with van der Waals surface area (Å²) in [6.45, 7) is 5.20. The van der Waals surface area contributed by atoms with E-state index in [1.165, 1.54) is 32.1 Å². The smallest absolute Gasteiger partial charge is 0.122 e. The first-order valence-corrected chi connectivity index (χ1v) is 10.3. The Kier molecular flexibility index (Phi) is 8.23. The second-order valence-electron chi connectivity index (χ2n) is 8.55. The molecule has 2 rings (SSSR count). The highest BCUT2D eigenvalue weighted by atomic mass is 16.5. The number of hydrogen-bond donors (Lipinski definition) is 3. The molecule has 1 saturated carbocycles. The summed E-state index contributed by atoms with van der Waals surface area (Å²) in [5.41, 5.74) is 6.67. The zero-order chi connectivity index (χ0) is 19.0. The van der Waals surface area contributed by atoms with Gasteiger partial charge in [0.25, 0.3) is 0 Å². The van der Waals surface area contributed by atoms with Gasteiger partial charge in [-0.15, -0.1) is 0 Å². The molecule has 0 radical (unpaired) electrons. The summed E-state index contributed by atoms with van der Waals surface area (Å²) < 4.78 is 5.75. The van der Waals surface area contributed by atoms with E-state index in [4.69, 9.17) is 10.5 Å². The Labute approximate surface area is 158 Å². The quantitative estimate of drug-likeness (QED) is 0.454. The van der Waals surface area contributed by atoms with Crippen LogP contribution in [0.4, 0.5) is 0 Å². The van der Waals surface area contributed by atoms with Crippen LogP contribution in [0, 0.1) is 11.8 Å². The van der Waals surface area contributed by atoms with E-state index in [1.807, 2.05) is 12.1 Å². The van der Waals surface area contributed by atoms with E-state index in [-0.39, 0.29) is 12.4 Å². The first kappa shape index (κ1) is 21.0. The Balaban J connectivity index is 1.73. The maximum absolute atomic E-state index is 10.3. The topological polar surface area (TPSA) is 75.7 Å². The van der Waals surface area contributed by atoms with Gasteiger partial charge in [0, 0.05) is 11.6 Å². The normalized spacial score (nSPS) is 16.7. The van der Waals surface area contributed by atoms with Crippen molar-refractivity contribution in [3.05, 3.63) is 23.8 Å². The van der Waals surface area contributed by atoms with Gasteiger partial charge in [0.05, 0.1) is 13.2 Å². The zero-order valence-corrected chi connectivity index (χ0v) is 16.5. The van der Waals surface area contributed by atoms with Gasteiger partial charge in [-0.05, 0) is 49.1 Å². The molecular formula is C22H37NO3. The lowest BCUT2D eigenvalue weighted by Crippen LogP contribution is -2.44. The van der Waals surface area contributed by atoms with E-state index < -0.39 is 5.54 Å². The van der Waals surface area contributed by atoms with Crippen molar-refractivity contribution in [2.24, 2.45) is 17.6 Å². The molecular weight excluding hydrogens is 326 g/mol. The van der Waals surface area contributed by atoms with Crippen molar-refractivity contribution in [3.8, 4) is 11.5 Å². The van der Waals surface area contributed by atoms with Crippen molar-refractivity contribution in [2.75, 3.05) is 13.2 Å². The van der Waals surface area contributed by atoms with Crippen molar-refractivity contribution >= 4 is 0 Å². The van der Waals surface area contributed by atoms with Crippen LogP contribution in [-0.4, -0.2) is 29.0 Å². The average molecular weight is 364 g/mol. The van der Waals surface area contributed by atoms with Crippen molar-refractivity contribution in [2.45, 2.75) is 77.2 Å². The minimum atomic E-state index is -0.529. The third-order valence-electron chi connectivity index (χ3n) is 5.35.